The first-order valence-corrected chi connectivity index (χ1v) is 8.99. The quantitative estimate of drug-likeness (QED) is 0.753. The number of ether oxygens (including phenoxy) is 1. The first kappa shape index (κ1) is 16.0. The second-order valence-corrected chi connectivity index (χ2v) is 7.01. The number of rotatable bonds is 7. The summed E-state index contributed by atoms with van der Waals surface area (Å²) in [5.74, 6) is 0. The van der Waals surface area contributed by atoms with E-state index in [4.69, 9.17) is 4.74 Å². The van der Waals surface area contributed by atoms with Gasteiger partial charge in [-0.3, -0.25) is 0 Å². The molecule has 1 N–H and O–H groups in total. The van der Waals surface area contributed by atoms with E-state index >= 15 is 0 Å². The van der Waals surface area contributed by atoms with E-state index in [1.54, 1.807) is 0 Å². The maximum atomic E-state index is 6.11. The first-order valence-electron chi connectivity index (χ1n) is 8.11. The predicted octanol–water partition coefficient (Wildman–Crippen LogP) is 4.40. The van der Waals surface area contributed by atoms with Crippen LogP contribution in [0.5, 0.6) is 0 Å². The van der Waals surface area contributed by atoms with E-state index < -0.39 is 0 Å². The summed E-state index contributed by atoms with van der Waals surface area (Å²) in [6.45, 7) is 3.32. The van der Waals surface area contributed by atoms with Gasteiger partial charge in [-0.1, -0.05) is 38.7 Å². The first-order chi connectivity index (χ1) is 9.80. The lowest BCUT2D eigenvalue weighted by atomic mass is 9.83. The van der Waals surface area contributed by atoms with Crippen molar-refractivity contribution < 1.29 is 4.74 Å². The van der Waals surface area contributed by atoms with Crippen molar-refractivity contribution in [2.75, 3.05) is 13.7 Å². The van der Waals surface area contributed by atoms with Gasteiger partial charge in [0, 0.05) is 18.0 Å². The zero-order valence-electron chi connectivity index (χ0n) is 13.0. The lowest BCUT2D eigenvalue weighted by Gasteiger charge is -2.40. The topological polar surface area (TPSA) is 21.3 Å². The molecule has 3 heteroatoms. The Morgan fingerprint density at radius 2 is 2.05 bits per heavy atom. The number of hydrogen-bond acceptors (Lipinski definition) is 3. The van der Waals surface area contributed by atoms with Crippen LogP contribution >= 0.6 is 11.3 Å². The Labute approximate surface area is 127 Å². The van der Waals surface area contributed by atoms with Crippen LogP contribution in [0.15, 0.2) is 17.5 Å². The maximum Gasteiger partial charge on any atom is 0.0834 e. The second-order valence-electron chi connectivity index (χ2n) is 5.97. The number of nitrogens with one attached hydrogen (secondary N) is 1. The van der Waals surface area contributed by atoms with Crippen molar-refractivity contribution >= 4 is 11.3 Å². The molecule has 20 heavy (non-hydrogen) atoms. The minimum atomic E-state index is 0.0374. The highest BCUT2D eigenvalue weighted by Crippen LogP contribution is 2.34. The molecule has 0 spiro atoms. The molecule has 1 aromatic rings. The molecule has 114 valence electrons. The monoisotopic (exact) mass is 295 g/mol. The molecule has 1 aliphatic rings. The van der Waals surface area contributed by atoms with Crippen LogP contribution in [0.4, 0.5) is 0 Å². The van der Waals surface area contributed by atoms with Crippen LogP contribution in [-0.2, 0) is 11.2 Å². The standard InChI is InChI=1S/C17H29NOS/c1-3-12-18-16(14-15-9-8-13-20-15)17(19-2)10-6-4-5-7-11-17/h8-9,13,16,18H,3-7,10-12,14H2,1-2H3. The summed E-state index contributed by atoms with van der Waals surface area (Å²) >= 11 is 1.87. The van der Waals surface area contributed by atoms with Gasteiger partial charge < -0.3 is 10.1 Å². The molecule has 1 aliphatic carbocycles. The average Bonchev–Trinajstić information content (AvgIpc) is 2.86. The summed E-state index contributed by atoms with van der Waals surface area (Å²) in [7, 11) is 1.92. The van der Waals surface area contributed by atoms with Crippen LogP contribution in [0.2, 0.25) is 0 Å². The largest absolute Gasteiger partial charge is 0.377 e. The highest BCUT2D eigenvalue weighted by atomic mass is 32.1. The SMILES string of the molecule is CCCNC(Cc1cccs1)C1(OC)CCCCCC1. The van der Waals surface area contributed by atoms with Crippen molar-refractivity contribution in [3.63, 3.8) is 0 Å². The normalized spacial score (nSPS) is 20.5. The van der Waals surface area contributed by atoms with Crippen molar-refractivity contribution in [3.05, 3.63) is 22.4 Å². The van der Waals surface area contributed by atoms with Gasteiger partial charge in [0.2, 0.25) is 0 Å². The molecule has 0 radical (unpaired) electrons. The Bertz CT molecular complexity index is 355. The molecule has 0 bridgehead atoms. The van der Waals surface area contributed by atoms with E-state index in [2.05, 4.69) is 29.8 Å². The van der Waals surface area contributed by atoms with Crippen molar-refractivity contribution in [2.24, 2.45) is 0 Å². The van der Waals surface area contributed by atoms with Gasteiger partial charge in [0.15, 0.2) is 0 Å². The summed E-state index contributed by atoms with van der Waals surface area (Å²) in [5, 5.41) is 5.96. The second kappa shape index (κ2) is 8.16. The third kappa shape index (κ3) is 4.06. The van der Waals surface area contributed by atoms with E-state index in [-0.39, 0.29) is 5.60 Å². The van der Waals surface area contributed by atoms with E-state index in [1.165, 1.54) is 49.8 Å². The molecule has 1 atom stereocenters. The lowest BCUT2D eigenvalue weighted by Crippen LogP contribution is -2.53. The molecule has 0 amide bonds. The third-order valence-corrected chi connectivity index (χ3v) is 5.52. The summed E-state index contributed by atoms with van der Waals surface area (Å²) < 4.78 is 6.11. The highest BCUT2D eigenvalue weighted by Gasteiger charge is 2.38. The number of methoxy groups -OCH3 is 1. The third-order valence-electron chi connectivity index (χ3n) is 4.62. The van der Waals surface area contributed by atoms with Gasteiger partial charge in [0.25, 0.3) is 0 Å². The molecule has 2 rings (SSSR count). The molecule has 1 fully saturated rings. The maximum absolute atomic E-state index is 6.11. The Balaban J connectivity index is 2.12. The molecule has 0 saturated heterocycles. The molecule has 0 aromatic carbocycles. The zero-order valence-corrected chi connectivity index (χ0v) is 13.8. The summed E-state index contributed by atoms with van der Waals surface area (Å²) in [6, 6.07) is 4.86. The van der Waals surface area contributed by atoms with Gasteiger partial charge in [0.05, 0.1) is 5.60 Å². The average molecular weight is 295 g/mol. The van der Waals surface area contributed by atoms with Crippen LogP contribution in [-0.4, -0.2) is 25.3 Å². The van der Waals surface area contributed by atoms with Gasteiger partial charge in [-0.2, -0.15) is 0 Å². The Morgan fingerprint density at radius 1 is 1.30 bits per heavy atom. The van der Waals surface area contributed by atoms with Gasteiger partial charge in [-0.25, -0.2) is 0 Å². The van der Waals surface area contributed by atoms with Gasteiger partial charge in [-0.15, -0.1) is 11.3 Å². The molecule has 1 heterocycles. The minimum Gasteiger partial charge on any atom is -0.377 e. The summed E-state index contributed by atoms with van der Waals surface area (Å²) in [6.07, 6.45) is 10.0. The molecule has 1 unspecified atom stereocenters. The Hall–Kier alpha value is -0.380. The predicted molar refractivity (Wildman–Crippen MR) is 87.5 cm³/mol. The van der Waals surface area contributed by atoms with Crippen LogP contribution < -0.4 is 5.32 Å². The van der Waals surface area contributed by atoms with Crippen molar-refractivity contribution in [1.29, 1.82) is 0 Å². The molecule has 1 aromatic heterocycles. The van der Waals surface area contributed by atoms with E-state index in [9.17, 15) is 0 Å². The fourth-order valence-electron chi connectivity index (χ4n) is 3.41. The summed E-state index contributed by atoms with van der Waals surface area (Å²) in [5.41, 5.74) is 0.0374. The smallest absolute Gasteiger partial charge is 0.0834 e. The number of thiophene rings is 1. The van der Waals surface area contributed by atoms with E-state index in [0.717, 1.165) is 13.0 Å². The van der Waals surface area contributed by atoms with E-state index in [1.807, 2.05) is 18.4 Å². The minimum absolute atomic E-state index is 0.0374. The lowest BCUT2D eigenvalue weighted by molar-refractivity contribution is -0.0524. The summed E-state index contributed by atoms with van der Waals surface area (Å²) in [4.78, 5) is 1.47. The van der Waals surface area contributed by atoms with Crippen LogP contribution in [0.1, 0.15) is 56.7 Å². The van der Waals surface area contributed by atoms with Crippen LogP contribution in [0, 0.1) is 0 Å². The van der Waals surface area contributed by atoms with Crippen molar-refractivity contribution in [3.8, 4) is 0 Å². The Morgan fingerprint density at radius 3 is 2.60 bits per heavy atom. The van der Waals surface area contributed by atoms with Gasteiger partial charge in [-0.05, 0) is 43.7 Å². The van der Waals surface area contributed by atoms with Crippen LogP contribution in [0.3, 0.4) is 0 Å². The fourth-order valence-corrected chi connectivity index (χ4v) is 4.17. The molecule has 1 saturated carbocycles. The highest BCUT2D eigenvalue weighted by molar-refractivity contribution is 7.09. The van der Waals surface area contributed by atoms with Crippen molar-refractivity contribution in [2.45, 2.75) is 69.9 Å². The fraction of sp³-hybridized carbons (Fsp3) is 0.765. The molecule has 2 nitrogen and oxygen atoms in total. The van der Waals surface area contributed by atoms with Gasteiger partial charge in [0.1, 0.15) is 0 Å². The zero-order chi connectivity index (χ0) is 14.3. The van der Waals surface area contributed by atoms with Gasteiger partial charge >= 0.3 is 0 Å². The molecular formula is C17H29NOS. The molecular weight excluding hydrogens is 266 g/mol. The van der Waals surface area contributed by atoms with Crippen LogP contribution in [0.25, 0.3) is 0 Å². The van der Waals surface area contributed by atoms with Crippen molar-refractivity contribution in [1.82, 2.24) is 5.32 Å². The molecule has 0 aliphatic heterocycles. The number of hydrogen-bond donors (Lipinski definition) is 1. The van der Waals surface area contributed by atoms with E-state index in [0.29, 0.717) is 6.04 Å². The Kier molecular flexibility index (Phi) is 6.53.